The Morgan fingerprint density at radius 3 is 1.18 bits per heavy atom. The topological polar surface area (TPSA) is 16.3 Å². The Labute approximate surface area is 541 Å². The minimum Gasteiger partial charge on any atom is -0.311 e. The quantitative estimate of drug-likeness (QED) is 0.148. The Hall–Kier alpha value is -10.7. The van der Waals surface area contributed by atoms with Gasteiger partial charge in [0.1, 0.15) is 0 Å². The van der Waals surface area contributed by atoms with Gasteiger partial charge in [0.15, 0.2) is 0 Å². The van der Waals surface area contributed by atoms with Gasteiger partial charge in [-0.05, 0) is 152 Å². The normalized spacial score (nSPS) is 13.0. The molecule has 0 aliphatic carbocycles. The summed E-state index contributed by atoms with van der Waals surface area (Å²) in [5.74, 6) is 0. The fourth-order valence-corrected chi connectivity index (χ4v) is 16.4. The predicted molar refractivity (Wildman–Crippen MR) is 396 cm³/mol. The molecule has 438 valence electrons. The Morgan fingerprint density at radius 1 is 0.283 bits per heavy atom. The van der Waals surface area contributed by atoms with Crippen molar-refractivity contribution >= 4 is 132 Å². The van der Waals surface area contributed by atoms with Crippen LogP contribution in [0.15, 0.2) is 285 Å². The van der Waals surface area contributed by atoms with Gasteiger partial charge < -0.3 is 18.9 Å². The minimum absolute atomic E-state index is 0.00201. The average molecular weight is 1200 g/mol. The summed E-state index contributed by atoms with van der Waals surface area (Å²) in [7, 11) is 0. The molecule has 13 aromatic carbocycles. The SMILES string of the molecule is CC(C)(C)c1ccc(-c2ccccc2N2c3cc4c(cc3B3c5cc6c7ccccc7n(-c7ccccc7)c6cc5N(c5ccccc5-c5ccc(C(C)(C)C)cc5)c5cc(-c6ccc7sc8ccccc8c7c6)cc2c53)c2ccccc2n4-c2ccccc2)cc1. The van der Waals surface area contributed by atoms with Gasteiger partial charge in [0.25, 0.3) is 6.71 Å². The van der Waals surface area contributed by atoms with E-state index < -0.39 is 0 Å². The minimum atomic E-state index is -0.210. The van der Waals surface area contributed by atoms with E-state index in [2.05, 4.69) is 346 Å². The lowest BCUT2D eigenvalue weighted by molar-refractivity contribution is 0.590. The Morgan fingerprint density at radius 2 is 0.696 bits per heavy atom. The van der Waals surface area contributed by atoms with Crippen molar-refractivity contribution in [2.45, 2.75) is 52.4 Å². The van der Waals surface area contributed by atoms with Gasteiger partial charge in [-0.25, -0.2) is 0 Å². The highest BCUT2D eigenvalue weighted by molar-refractivity contribution is 7.25. The maximum atomic E-state index is 2.66. The van der Waals surface area contributed by atoms with Crippen molar-refractivity contribution in [1.29, 1.82) is 0 Å². The lowest BCUT2D eigenvalue weighted by atomic mass is 9.33. The van der Waals surface area contributed by atoms with Crippen LogP contribution in [0.3, 0.4) is 0 Å². The van der Waals surface area contributed by atoms with Gasteiger partial charge in [0, 0.05) is 87.0 Å². The van der Waals surface area contributed by atoms with E-state index in [4.69, 9.17) is 0 Å². The number of anilines is 6. The van der Waals surface area contributed by atoms with Crippen LogP contribution in [0.1, 0.15) is 52.7 Å². The number of hydrogen-bond acceptors (Lipinski definition) is 3. The molecule has 0 radical (unpaired) electrons. The number of nitrogens with zero attached hydrogens (tertiary/aromatic N) is 4. The van der Waals surface area contributed by atoms with E-state index in [0.29, 0.717) is 0 Å². The van der Waals surface area contributed by atoms with Crippen molar-refractivity contribution in [3.05, 3.63) is 296 Å². The van der Waals surface area contributed by atoms with Crippen LogP contribution in [0.5, 0.6) is 0 Å². The van der Waals surface area contributed by atoms with Crippen LogP contribution in [0.2, 0.25) is 0 Å². The molecule has 0 saturated carbocycles. The number of fused-ring (bicyclic) bond motifs is 13. The van der Waals surface area contributed by atoms with E-state index in [1.807, 2.05) is 11.3 Å². The van der Waals surface area contributed by atoms with E-state index in [-0.39, 0.29) is 17.5 Å². The maximum Gasteiger partial charge on any atom is 0.252 e. The third kappa shape index (κ3) is 8.36. The second kappa shape index (κ2) is 20.4. The third-order valence-electron chi connectivity index (χ3n) is 19.8. The second-order valence-electron chi connectivity index (χ2n) is 27.3. The van der Waals surface area contributed by atoms with Crippen LogP contribution >= 0.6 is 11.3 Å². The number of benzene rings is 13. The molecule has 5 heterocycles. The van der Waals surface area contributed by atoms with E-state index in [0.717, 1.165) is 62.1 Å². The van der Waals surface area contributed by atoms with Crippen molar-refractivity contribution in [1.82, 2.24) is 9.13 Å². The number of aromatic nitrogens is 2. The molecule has 0 unspecified atom stereocenters. The van der Waals surface area contributed by atoms with Gasteiger partial charge in [-0.1, -0.05) is 236 Å². The number of para-hydroxylation sites is 6. The molecular formula is C86H65BN4S. The van der Waals surface area contributed by atoms with Crippen LogP contribution in [0.25, 0.3) is 109 Å². The first-order chi connectivity index (χ1) is 44.9. The molecule has 3 aromatic heterocycles. The summed E-state index contributed by atoms with van der Waals surface area (Å²) in [6.07, 6.45) is 0. The van der Waals surface area contributed by atoms with E-state index in [1.54, 1.807) is 0 Å². The van der Waals surface area contributed by atoms with Gasteiger partial charge in [-0.15, -0.1) is 11.3 Å². The van der Waals surface area contributed by atoms with Crippen LogP contribution in [-0.2, 0) is 10.8 Å². The zero-order valence-electron chi connectivity index (χ0n) is 52.4. The summed E-state index contributed by atoms with van der Waals surface area (Å²) in [5.41, 5.74) is 27.2. The first-order valence-electron chi connectivity index (χ1n) is 32.3. The molecule has 16 aromatic rings. The van der Waals surface area contributed by atoms with Gasteiger partial charge in [-0.2, -0.15) is 0 Å². The molecule has 4 nitrogen and oxygen atoms in total. The zero-order chi connectivity index (χ0) is 61.7. The van der Waals surface area contributed by atoms with Crippen LogP contribution in [0, 0.1) is 0 Å². The van der Waals surface area contributed by atoms with Crippen molar-refractivity contribution in [3.8, 4) is 44.8 Å². The van der Waals surface area contributed by atoms with E-state index >= 15 is 0 Å². The first kappa shape index (κ1) is 54.3. The third-order valence-corrected chi connectivity index (χ3v) is 21.0. The van der Waals surface area contributed by atoms with E-state index in [1.165, 1.54) is 108 Å². The Bertz CT molecular complexity index is 5370. The fraction of sp³-hybridized carbons (Fsp3) is 0.0930. The standard InChI is InChI=1S/C86H65BN4S/c1-85(2,3)58-42-37-54(38-43-58)62-27-13-18-32-72(62)90-78-52-76-67(64-29-15-20-34-74(64)88(76)60-23-9-7-10-24-60)50-70(78)87-71-51-68-65-30-16-21-35-75(65)89(61-25-11-8-12-26-61)77(68)53-79(71)91(73-33-19-14-28-63(73)55-39-44-59(45-40-55)86(4,5)6)81-49-57(48-80(90)84(81)87)56-41-46-83-69(47-56)66-31-17-22-36-82(66)92-83/h7-53H,1-6H3. The van der Waals surface area contributed by atoms with Crippen molar-refractivity contribution in [2.24, 2.45) is 0 Å². The summed E-state index contributed by atoms with van der Waals surface area (Å²) < 4.78 is 7.56. The number of hydrogen-bond donors (Lipinski definition) is 0. The number of rotatable bonds is 7. The molecule has 18 rings (SSSR count). The fourth-order valence-electron chi connectivity index (χ4n) is 15.3. The highest BCUT2D eigenvalue weighted by atomic mass is 32.1. The molecule has 0 amide bonds. The van der Waals surface area contributed by atoms with Crippen molar-refractivity contribution in [2.75, 3.05) is 9.80 Å². The summed E-state index contributed by atoms with van der Waals surface area (Å²) in [4.78, 5) is 5.32. The molecule has 92 heavy (non-hydrogen) atoms. The molecular weight excluding hydrogens is 1130 g/mol. The molecule has 2 aliphatic rings. The predicted octanol–water partition coefficient (Wildman–Crippen LogP) is 21.9. The maximum absolute atomic E-state index is 2.66. The molecule has 0 atom stereocenters. The van der Waals surface area contributed by atoms with Crippen LogP contribution in [-0.4, -0.2) is 15.8 Å². The highest BCUT2D eigenvalue weighted by Gasteiger charge is 2.46. The summed E-state index contributed by atoms with van der Waals surface area (Å²) in [6.45, 7) is 13.6. The Kier molecular flexibility index (Phi) is 12.1. The lowest BCUT2D eigenvalue weighted by Crippen LogP contribution is -2.61. The first-order valence-corrected chi connectivity index (χ1v) is 33.1. The highest BCUT2D eigenvalue weighted by Crippen LogP contribution is 2.52. The molecule has 2 aliphatic heterocycles. The molecule has 0 fully saturated rings. The summed E-state index contributed by atoms with van der Waals surface area (Å²) in [6, 6.07) is 108. The van der Waals surface area contributed by atoms with Gasteiger partial charge in [-0.3, -0.25) is 0 Å². The van der Waals surface area contributed by atoms with Crippen molar-refractivity contribution in [3.63, 3.8) is 0 Å². The van der Waals surface area contributed by atoms with Gasteiger partial charge >= 0.3 is 0 Å². The summed E-state index contributed by atoms with van der Waals surface area (Å²) >= 11 is 1.87. The molecule has 0 spiro atoms. The van der Waals surface area contributed by atoms with Crippen LogP contribution < -0.4 is 26.2 Å². The van der Waals surface area contributed by atoms with Gasteiger partial charge in [0.05, 0.1) is 33.4 Å². The molecule has 0 N–H and O–H groups in total. The van der Waals surface area contributed by atoms with E-state index in [9.17, 15) is 0 Å². The monoisotopic (exact) mass is 1200 g/mol. The largest absolute Gasteiger partial charge is 0.311 e. The lowest BCUT2D eigenvalue weighted by Gasteiger charge is -2.45. The smallest absolute Gasteiger partial charge is 0.252 e. The molecule has 0 saturated heterocycles. The van der Waals surface area contributed by atoms with Crippen molar-refractivity contribution < 1.29 is 0 Å². The average Bonchev–Trinajstić information content (AvgIpc) is 0.927. The second-order valence-corrected chi connectivity index (χ2v) is 28.3. The number of thiophene rings is 1. The van der Waals surface area contributed by atoms with Gasteiger partial charge in [0.2, 0.25) is 0 Å². The Balaban J connectivity index is 1.02. The molecule has 0 bridgehead atoms. The summed E-state index contributed by atoms with van der Waals surface area (Å²) in [5, 5.41) is 7.46. The zero-order valence-corrected chi connectivity index (χ0v) is 53.2. The molecule has 6 heteroatoms. The van der Waals surface area contributed by atoms with Crippen LogP contribution in [0.4, 0.5) is 34.1 Å².